The van der Waals surface area contributed by atoms with Crippen LogP contribution in [0.3, 0.4) is 0 Å². The topological polar surface area (TPSA) is 41.1 Å². The summed E-state index contributed by atoms with van der Waals surface area (Å²) in [4.78, 5) is 12.2. The maximum absolute atomic E-state index is 12.2. The molecule has 0 spiro atoms. The summed E-state index contributed by atoms with van der Waals surface area (Å²) in [7, 11) is 0. The molecule has 1 heterocycles. The van der Waals surface area contributed by atoms with Crippen LogP contribution in [-0.4, -0.2) is 18.5 Å². The number of amides is 1. The maximum atomic E-state index is 12.2. The number of hydrogen-bond acceptors (Lipinski definition) is 2. The number of halogens is 1. The quantitative estimate of drug-likeness (QED) is 0.829. The molecule has 3 nitrogen and oxygen atoms in total. The highest BCUT2D eigenvalue weighted by molar-refractivity contribution is 6.30. The van der Waals surface area contributed by atoms with E-state index in [9.17, 15) is 4.79 Å². The van der Waals surface area contributed by atoms with Gasteiger partial charge in [-0.1, -0.05) is 30.2 Å². The summed E-state index contributed by atoms with van der Waals surface area (Å²) in [5.74, 6) is -0.120. The number of piperidine rings is 1. The van der Waals surface area contributed by atoms with E-state index in [4.69, 9.17) is 11.6 Å². The van der Waals surface area contributed by atoms with E-state index >= 15 is 0 Å². The highest BCUT2D eigenvalue weighted by atomic mass is 35.5. The van der Waals surface area contributed by atoms with Crippen molar-refractivity contribution in [3.05, 3.63) is 64.7 Å². The van der Waals surface area contributed by atoms with E-state index in [0.717, 1.165) is 18.7 Å². The summed E-state index contributed by atoms with van der Waals surface area (Å²) in [6.45, 7) is 1.15. The zero-order valence-electron chi connectivity index (χ0n) is 13.7. The smallest absolute Gasteiger partial charge is 0.255 e. The van der Waals surface area contributed by atoms with E-state index in [1.165, 1.54) is 31.2 Å². The van der Waals surface area contributed by atoms with Gasteiger partial charge in [-0.05, 0) is 74.2 Å². The minimum Gasteiger partial charge on any atom is -0.322 e. The summed E-state index contributed by atoms with van der Waals surface area (Å²) >= 11 is 5.84. The van der Waals surface area contributed by atoms with Crippen molar-refractivity contribution in [1.29, 1.82) is 0 Å². The molecular formula is C20H23ClN2O. The lowest BCUT2D eigenvalue weighted by Crippen LogP contribution is -2.34. The van der Waals surface area contributed by atoms with Gasteiger partial charge in [0, 0.05) is 22.3 Å². The number of benzene rings is 2. The Bertz CT molecular complexity index is 661. The van der Waals surface area contributed by atoms with Crippen molar-refractivity contribution in [3.63, 3.8) is 0 Å². The average molecular weight is 343 g/mol. The van der Waals surface area contributed by atoms with Gasteiger partial charge in [-0.25, -0.2) is 0 Å². The van der Waals surface area contributed by atoms with Crippen molar-refractivity contribution < 1.29 is 4.79 Å². The Morgan fingerprint density at radius 1 is 1.08 bits per heavy atom. The van der Waals surface area contributed by atoms with Crippen LogP contribution >= 0.6 is 11.6 Å². The number of hydrogen-bond donors (Lipinski definition) is 2. The molecule has 0 bridgehead atoms. The monoisotopic (exact) mass is 342 g/mol. The van der Waals surface area contributed by atoms with Gasteiger partial charge in [0.05, 0.1) is 0 Å². The molecule has 1 saturated heterocycles. The van der Waals surface area contributed by atoms with Gasteiger partial charge >= 0.3 is 0 Å². The molecule has 1 aliphatic rings. The Hall–Kier alpha value is -1.84. The first kappa shape index (κ1) is 17.0. The maximum Gasteiger partial charge on any atom is 0.255 e. The van der Waals surface area contributed by atoms with E-state index in [-0.39, 0.29) is 5.91 Å². The Kier molecular flexibility index (Phi) is 5.89. The van der Waals surface area contributed by atoms with Crippen LogP contribution in [0.25, 0.3) is 0 Å². The zero-order valence-corrected chi connectivity index (χ0v) is 14.5. The normalized spacial score (nSPS) is 17.5. The van der Waals surface area contributed by atoms with Gasteiger partial charge in [0.15, 0.2) is 0 Å². The molecule has 0 radical (unpaired) electrons. The largest absolute Gasteiger partial charge is 0.322 e. The number of rotatable bonds is 5. The third-order valence-corrected chi connectivity index (χ3v) is 4.76. The molecular weight excluding hydrogens is 320 g/mol. The molecule has 1 aliphatic heterocycles. The molecule has 1 atom stereocenters. The second-order valence-corrected chi connectivity index (χ2v) is 6.78. The Labute approximate surface area is 148 Å². The van der Waals surface area contributed by atoms with Crippen molar-refractivity contribution in [3.8, 4) is 0 Å². The van der Waals surface area contributed by atoms with E-state index < -0.39 is 0 Å². The van der Waals surface area contributed by atoms with Gasteiger partial charge in [-0.15, -0.1) is 0 Å². The number of nitrogens with one attached hydrogen (secondary N) is 2. The first-order valence-corrected chi connectivity index (χ1v) is 8.98. The van der Waals surface area contributed by atoms with E-state index in [1.807, 2.05) is 12.1 Å². The van der Waals surface area contributed by atoms with Crippen LogP contribution in [0.1, 0.15) is 41.6 Å². The summed E-state index contributed by atoms with van der Waals surface area (Å²) < 4.78 is 0. The van der Waals surface area contributed by atoms with Gasteiger partial charge in [0.1, 0.15) is 0 Å². The predicted molar refractivity (Wildman–Crippen MR) is 99.8 cm³/mol. The molecule has 0 unspecified atom stereocenters. The van der Waals surface area contributed by atoms with Crippen LogP contribution in [0.5, 0.6) is 0 Å². The van der Waals surface area contributed by atoms with Crippen molar-refractivity contribution in [1.82, 2.24) is 5.32 Å². The summed E-state index contributed by atoms with van der Waals surface area (Å²) in [6.07, 6.45) is 6.18. The summed E-state index contributed by atoms with van der Waals surface area (Å²) in [5.41, 5.74) is 2.73. The molecule has 0 saturated carbocycles. The Morgan fingerprint density at radius 2 is 1.83 bits per heavy atom. The molecule has 2 aromatic carbocycles. The fraction of sp³-hybridized carbons (Fsp3) is 0.350. The molecule has 0 aliphatic carbocycles. The fourth-order valence-corrected chi connectivity index (χ4v) is 3.20. The van der Waals surface area contributed by atoms with Crippen LogP contribution in [0.15, 0.2) is 48.5 Å². The second-order valence-electron chi connectivity index (χ2n) is 6.34. The lowest BCUT2D eigenvalue weighted by atomic mass is 9.98. The van der Waals surface area contributed by atoms with Crippen molar-refractivity contribution in [2.75, 3.05) is 11.9 Å². The van der Waals surface area contributed by atoms with Crippen LogP contribution in [-0.2, 0) is 6.42 Å². The molecule has 4 heteroatoms. The van der Waals surface area contributed by atoms with Crippen molar-refractivity contribution >= 4 is 23.2 Å². The molecule has 2 N–H and O–H groups in total. The summed E-state index contributed by atoms with van der Waals surface area (Å²) in [5, 5.41) is 7.13. The van der Waals surface area contributed by atoms with Crippen LogP contribution in [0, 0.1) is 0 Å². The van der Waals surface area contributed by atoms with E-state index in [1.54, 1.807) is 24.3 Å². The number of anilines is 1. The fourth-order valence-electron chi connectivity index (χ4n) is 3.07. The van der Waals surface area contributed by atoms with Gasteiger partial charge in [0.2, 0.25) is 0 Å². The third-order valence-electron chi connectivity index (χ3n) is 4.51. The zero-order chi connectivity index (χ0) is 16.8. The molecule has 2 aromatic rings. The number of aryl methyl sites for hydroxylation is 1. The van der Waals surface area contributed by atoms with Gasteiger partial charge in [-0.2, -0.15) is 0 Å². The molecule has 126 valence electrons. The van der Waals surface area contributed by atoms with E-state index in [2.05, 4.69) is 22.8 Å². The van der Waals surface area contributed by atoms with E-state index in [0.29, 0.717) is 16.6 Å². The molecule has 1 amide bonds. The molecule has 0 aromatic heterocycles. The number of carbonyl (C=O) groups excluding carboxylic acids is 1. The SMILES string of the molecule is O=C(Nc1ccc(CC[C@@H]2CCCCN2)cc1)c1ccc(Cl)cc1. The minimum absolute atomic E-state index is 0.120. The highest BCUT2D eigenvalue weighted by Crippen LogP contribution is 2.17. The third kappa shape index (κ3) is 4.83. The van der Waals surface area contributed by atoms with Crippen molar-refractivity contribution in [2.24, 2.45) is 0 Å². The molecule has 24 heavy (non-hydrogen) atoms. The highest BCUT2D eigenvalue weighted by Gasteiger charge is 2.12. The Balaban J connectivity index is 1.52. The number of carbonyl (C=O) groups is 1. The van der Waals surface area contributed by atoms with Crippen LogP contribution < -0.4 is 10.6 Å². The second kappa shape index (κ2) is 8.32. The molecule has 1 fully saturated rings. The van der Waals surface area contributed by atoms with Gasteiger partial charge in [0.25, 0.3) is 5.91 Å². The van der Waals surface area contributed by atoms with Crippen molar-refractivity contribution in [2.45, 2.75) is 38.1 Å². The van der Waals surface area contributed by atoms with Crippen LogP contribution in [0.4, 0.5) is 5.69 Å². The standard InChI is InChI=1S/C20H23ClN2O/c21-17-9-7-16(8-10-17)20(24)23-19-12-5-15(6-13-19)4-11-18-3-1-2-14-22-18/h5-10,12-13,18,22H,1-4,11,14H2,(H,23,24)/t18-/m0/s1. The van der Waals surface area contributed by atoms with Crippen LogP contribution in [0.2, 0.25) is 5.02 Å². The lowest BCUT2D eigenvalue weighted by molar-refractivity contribution is 0.102. The average Bonchev–Trinajstić information content (AvgIpc) is 2.62. The summed E-state index contributed by atoms with van der Waals surface area (Å²) in [6, 6.07) is 15.7. The first-order valence-electron chi connectivity index (χ1n) is 8.60. The first-order chi connectivity index (χ1) is 11.7. The molecule has 3 rings (SSSR count). The minimum atomic E-state index is -0.120. The predicted octanol–water partition coefficient (Wildman–Crippen LogP) is 4.67. The lowest BCUT2D eigenvalue weighted by Gasteiger charge is -2.23. The Morgan fingerprint density at radius 3 is 2.50 bits per heavy atom. The van der Waals surface area contributed by atoms with Gasteiger partial charge < -0.3 is 10.6 Å². The van der Waals surface area contributed by atoms with Gasteiger partial charge in [-0.3, -0.25) is 4.79 Å².